The van der Waals surface area contributed by atoms with Crippen molar-refractivity contribution in [3.8, 4) is 0 Å². The zero-order chi connectivity index (χ0) is 9.84. The van der Waals surface area contributed by atoms with Gasteiger partial charge >= 0.3 is 0 Å². The van der Waals surface area contributed by atoms with E-state index in [0.717, 1.165) is 13.0 Å². The maximum atomic E-state index is 5.73. The quantitative estimate of drug-likeness (QED) is 0.754. The first kappa shape index (κ1) is 9.98. The Labute approximate surface area is 77.9 Å². The molecule has 0 aliphatic heterocycles. The van der Waals surface area contributed by atoms with E-state index in [1.165, 1.54) is 0 Å². The Morgan fingerprint density at radius 3 is 2.77 bits per heavy atom. The molecule has 1 unspecified atom stereocenters. The summed E-state index contributed by atoms with van der Waals surface area (Å²) in [5, 5.41) is 3.82. The minimum absolute atomic E-state index is 0.147. The van der Waals surface area contributed by atoms with Gasteiger partial charge in [0.15, 0.2) is 0 Å². The number of nitrogens with two attached hydrogens (primary N) is 1. The van der Waals surface area contributed by atoms with E-state index in [0.29, 0.717) is 11.8 Å². The molecule has 0 aromatic carbocycles. The molecule has 1 aromatic rings. The summed E-state index contributed by atoms with van der Waals surface area (Å²) in [4.78, 5) is 6.07. The summed E-state index contributed by atoms with van der Waals surface area (Å²) in [5.41, 5.74) is 5.73. The molecule has 0 spiro atoms. The van der Waals surface area contributed by atoms with Gasteiger partial charge in [0.05, 0.1) is 6.04 Å². The van der Waals surface area contributed by atoms with Crippen LogP contribution >= 0.6 is 0 Å². The molecule has 1 rings (SSSR count). The summed E-state index contributed by atoms with van der Waals surface area (Å²) in [6.45, 7) is 4.86. The van der Waals surface area contributed by atoms with E-state index in [9.17, 15) is 0 Å². The number of hydrogen-bond donors (Lipinski definition) is 1. The molecule has 1 heterocycles. The molecule has 1 atom stereocenters. The highest BCUT2D eigenvalue weighted by molar-refractivity contribution is 5.25. The van der Waals surface area contributed by atoms with E-state index in [2.05, 4.69) is 10.1 Å². The Bertz CT molecular complexity index is 236. The molecular formula is C8H16N4O. The lowest BCUT2D eigenvalue weighted by Crippen LogP contribution is -2.17. The second kappa shape index (κ2) is 4.23. The van der Waals surface area contributed by atoms with Crippen molar-refractivity contribution in [2.75, 3.05) is 18.5 Å². The zero-order valence-corrected chi connectivity index (χ0v) is 8.32. The summed E-state index contributed by atoms with van der Waals surface area (Å²) < 4.78 is 5.01. The van der Waals surface area contributed by atoms with Crippen LogP contribution in [0.25, 0.3) is 0 Å². The summed E-state index contributed by atoms with van der Waals surface area (Å²) in [6.07, 6.45) is 0.803. The molecule has 74 valence electrons. The van der Waals surface area contributed by atoms with Crippen molar-refractivity contribution in [1.82, 2.24) is 10.1 Å². The first-order valence-electron chi connectivity index (χ1n) is 4.49. The van der Waals surface area contributed by atoms with Crippen LogP contribution in [0.3, 0.4) is 0 Å². The van der Waals surface area contributed by atoms with Crippen molar-refractivity contribution in [2.45, 2.75) is 26.3 Å². The molecule has 0 radical (unpaired) electrons. The molecule has 0 aliphatic carbocycles. The van der Waals surface area contributed by atoms with E-state index in [-0.39, 0.29) is 6.04 Å². The van der Waals surface area contributed by atoms with Gasteiger partial charge in [0.2, 0.25) is 5.89 Å². The predicted octanol–water partition coefficient (Wildman–Crippen LogP) is 0.936. The second-order valence-electron chi connectivity index (χ2n) is 2.96. The lowest BCUT2D eigenvalue weighted by atomic mass is 10.2. The fraction of sp³-hybridized carbons (Fsp3) is 0.750. The van der Waals surface area contributed by atoms with Crippen LogP contribution in [0.1, 0.15) is 32.2 Å². The lowest BCUT2D eigenvalue weighted by Gasteiger charge is -2.08. The van der Waals surface area contributed by atoms with Gasteiger partial charge in [0.25, 0.3) is 5.95 Å². The Hall–Kier alpha value is -1.10. The maximum absolute atomic E-state index is 5.73. The van der Waals surface area contributed by atoms with Gasteiger partial charge in [-0.3, -0.25) is 0 Å². The normalized spacial score (nSPS) is 12.9. The van der Waals surface area contributed by atoms with Crippen molar-refractivity contribution in [3.05, 3.63) is 5.89 Å². The van der Waals surface area contributed by atoms with Crippen molar-refractivity contribution in [1.29, 1.82) is 0 Å². The molecule has 1 aromatic heterocycles. The minimum atomic E-state index is -0.147. The van der Waals surface area contributed by atoms with Crippen molar-refractivity contribution < 1.29 is 4.52 Å². The summed E-state index contributed by atoms with van der Waals surface area (Å²) in [7, 11) is 1.91. The first-order chi connectivity index (χ1) is 6.19. The molecule has 0 saturated carbocycles. The second-order valence-corrected chi connectivity index (χ2v) is 2.96. The fourth-order valence-corrected chi connectivity index (χ4v) is 0.849. The summed E-state index contributed by atoms with van der Waals surface area (Å²) in [6, 6.07) is -0.147. The third-order valence-electron chi connectivity index (χ3n) is 2.00. The van der Waals surface area contributed by atoms with Crippen LogP contribution in [-0.4, -0.2) is 23.7 Å². The molecule has 0 saturated heterocycles. The number of anilines is 1. The van der Waals surface area contributed by atoms with E-state index in [1.54, 1.807) is 0 Å². The largest absolute Gasteiger partial charge is 0.342 e. The van der Waals surface area contributed by atoms with Gasteiger partial charge in [0.1, 0.15) is 0 Å². The van der Waals surface area contributed by atoms with Crippen LogP contribution < -0.4 is 10.6 Å². The number of aromatic nitrogens is 2. The van der Waals surface area contributed by atoms with Crippen molar-refractivity contribution >= 4 is 5.95 Å². The molecule has 2 N–H and O–H groups in total. The monoisotopic (exact) mass is 184 g/mol. The molecule has 5 nitrogen and oxygen atoms in total. The molecule has 0 fully saturated rings. The Balaban J connectivity index is 2.74. The lowest BCUT2D eigenvalue weighted by molar-refractivity contribution is 0.351. The van der Waals surface area contributed by atoms with Crippen LogP contribution in [-0.2, 0) is 0 Å². The van der Waals surface area contributed by atoms with Gasteiger partial charge in [-0.05, 0) is 18.5 Å². The molecule has 5 heteroatoms. The van der Waals surface area contributed by atoms with Crippen LogP contribution in [0.2, 0.25) is 0 Å². The van der Waals surface area contributed by atoms with Crippen LogP contribution in [0.15, 0.2) is 4.52 Å². The molecule has 13 heavy (non-hydrogen) atoms. The van der Waals surface area contributed by atoms with Gasteiger partial charge in [0, 0.05) is 13.6 Å². The Morgan fingerprint density at radius 2 is 2.23 bits per heavy atom. The molecular weight excluding hydrogens is 168 g/mol. The fourth-order valence-electron chi connectivity index (χ4n) is 0.849. The topological polar surface area (TPSA) is 68.2 Å². The molecule has 0 amide bonds. The average molecular weight is 184 g/mol. The van der Waals surface area contributed by atoms with Gasteiger partial charge < -0.3 is 15.2 Å². The van der Waals surface area contributed by atoms with E-state index >= 15 is 0 Å². The highest BCUT2D eigenvalue weighted by atomic mass is 16.5. The Kier molecular flexibility index (Phi) is 3.25. The van der Waals surface area contributed by atoms with Crippen molar-refractivity contribution in [3.63, 3.8) is 0 Å². The molecule has 0 aliphatic rings. The third-order valence-corrected chi connectivity index (χ3v) is 2.00. The smallest absolute Gasteiger partial charge is 0.265 e. The minimum Gasteiger partial charge on any atom is -0.342 e. The highest BCUT2D eigenvalue weighted by Crippen LogP contribution is 2.14. The zero-order valence-electron chi connectivity index (χ0n) is 8.32. The van der Waals surface area contributed by atoms with Gasteiger partial charge in [-0.15, -0.1) is 0 Å². The Morgan fingerprint density at radius 1 is 1.54 bits per heavy atom. The van der Waals surface area contributed by atoms with Gasteiger partial charge in [-0.1, -0.05) is 6.92 Å². The van der Waals surface area contributed by atoms with E-state index < -0.39 is 0 Å². The highest BCUT2D eigenvalue weighted by Gasteiger charge is 2.13. The van der Waals surface area contributed by atoms with Gasteiger partial charge in [-0.25, -0.2) is 0 Å². The van der Waals surface area contributed by atoms with Crippen LogP contribution in [0.5, 0.6) is 0 Å². The van der Waals surface area contributed by atoms with E-state index in [1.807, 2.05) is 25.8 Å². The standard InChI is InChI=1S/C8H16N4O/c1-4-6(9)7-10-8(11-13-7)12(3)5-2/h6H,4-5,9H2,1-3H3. The van der Waals surface area contributed by atoms with Crippen molar-refractivity contribution in [2.24, 2.45) is 5.73 Å². The SMILES string of the molecule is CCC(N)c1nc(N(C)CC)no1. The first-order valence-corrected chi connectivity index (χ1v) is 4.49. The average Bonchev–Trinajstić information content (AvgIpc) is 2.64. The number of hydrogen-bond acceptors (Lipinski definition) is 5. The van der Waals surface area contributed by atoms with Crippen LogP contribution in [0, 0.1) is 0 Å². The van der Waals surface area contributed by atoms with E-state index in [4.69, 9.17) is 10.3 Å². The van der Waals surface area contributed by atoms with Gasteiger partial charge in [-0.2, -0.15) is 4.98 Å². The van der Waals surface area contributed by atoms with Crippen LogP contribution in [0.4, 0.5) is 5.95 Å². The third kappa shape index (κ3) is 2.18. The number of rotatable bonds is 4. The summed E-state index contributed by atoms with van der Waals surface area (Å²) in [5.74, 6) is 1.11. The molecule has 0 bridgehead atoms. The number of nitrogens with zero attached hydrogens (tertiary/aromatic N) is 3. The predicted molar refractivity (Wildman–Crippen MR) is 50.5 cm³/mol. The summed E-state index contributed by atoms with van der Waals surface area (Å²) >= 11 is 0. The maximum Gasteiger partial charge on any atom is 0.265 e.